The molecule has 0 saturated heterocycles. The first kappa shape index (κ1) is 10.4. The predicted molar refractivity (Wildman–Crippen MR) is 58.7 cm³/mol. The molecular formula is C11H23N3. The summed E-state index contributed by atoms with van der Waals surface area (Å²) >= 11 is 0. The Kier molecular flexibility index (Phi) is 2.82. The molecule has 0 aromatic heterocycles. The van der Waals surface area contributed by atoms with E-state index in [0.717, 1.165) is 5.92 Å². The van der Waals surface area contributed by atoms with E-state index in [2.05, 4.69) is 24.4 Å². The third-order valence-corrected chi connectivity index (χ3v) is 4.21. The Bertz CT molecular complexity index is 193. The number of likely N-dealkylation sites (N-methyl/N-ethyl adjacent to an activating group) is 1. The number of nitrogens with two attached hydrogens (primary N) is 1. The maximum atomic E-state index is 5.74. The van der Waals surface area contributed by atoms with Gasteiger partial charge in [0.15, 0.2) is 0 Å². The zero-order valence-electron chi connectivity index (χ0n) is 9.42. The Hall–Kier alpha value is -0.120. The van der Waals surface area contributed by atoms with Crippen LogP contribution in [-0.2, 0) is 0 Å². The molecule has 2 rings (SSSR count). The summed E-state index contributed by atoms with van der Waals surface area (Å²) in [4.78, 5) is 2.41. The minimum absolute atomic E-state index is 0.343. The van der Waals surface area contributed by atoms with Gasteiger partial charge in [0.25, 0.3) is 0 Å². The number of rotatable bonds is 4. The molecule has 2 aliphatic rings. The summed E-state index contributed by atoms with van der Waals surface area (Å²) in [6.07, 6.45) is 8.08. The molecule has 3 N–H and O–H groups in total. The molecule has 2 fully saturated rings. The second-order valence-corrected chi connectivity index (χ2v) is 5.19. The van der Waals surface area contributed by atoms with E-state index < -0.39 is 0 Å². The van der Waals surface area contributed by atoms with Crippen LogP contribution < -0.4 is 11.3 Å². The van der Waals surface area contributed by atoms with Crippen LogP contribution in [0.25, 0.3) is 0 Å². The Morgan fingerprint density at radius 2 is 1.86 bits per heavy atom. The second-order valence-electron chi connectivity index (χ2n) is 5.19. The first-order valence-corrected chi connectivity index (χ1v) is 5.84. The van der Waals surface area contributed by atoms with E-state index in [-0.39, 0.29) is 0 Å². The molecule has 0 bridgehead atoms. The number of hydrogen-bond acceptors (Lipinski definition) is 3. The molecule has 2 saturated carbocycles. The second kappa shape index (κ2) is 3.80. The van der Waals surface area contributed by atoms with Crippen LogP contribution in [0.15, 0.2) is 0 Å². The molecule has 0 amide bonds. The lowest BCUT2D eigenvalue weighted by molar-refractivity contribution is 0.0937. The molecule has 1 atom stereocenters. The molecule has 14 heavy (non-hydrogen) atoms. The van der Waals surface area contributed by atoms with Gasteiger partial charge in [0, 0.05) is 11.6 Å². The standard InChI is InChI=1S/C11H23N3/c1-14(2)11(7-3-4-8-11)10(13-12)9-5-6-9/h9-10,13H,3-8,12H2,1-2H3. The number of nitrogens with zero attached hydrogens (tertiary/aromatic N) is 1. The molecular weight excluding hydrogens is 174 g/mol. The molecule has 3 heteroatoms. The summed E-state index contributed by atoms with van der Waals surface area (Å²) < 4.78 is 0. The molecule has 0 aliphatic heterocycles. The van der Waals surface area contributed by atoms with Gasteiger partial charge in [-0.05, 0) is 45.7 Å². The normalized spacial score (nSPS) is 28.3. The molecule has 0 radical (unpaired) electrons. The molecule has 0 spiro atoms. The molecule has 0 aromatic carbocycles. The van der Waals surface area contributed by atoms with Crippen LogP contribution in [0, 0.1) is 5.92 Å². The average molecular weight is 197 g/mol. The summed E-state index contributed by atoms with van der Waals surface area (Å²) in [6.45, 7) is 0. The first-order valence-electron chi connectivity index (χ1n) is 5.84. The van der Waals surface area contributed by atoms with E-state index in [4.69, 9.17) is 5.84 Å². The van der Waals surface area contributed by atoms with Gasteiger partial charge in [-0.1, -0.05) is 12.8 Å². The van der Waals surface area contributed by atoms with Crippen molar-refractivity contribution in [2.45, 2.75) is 50.1 Å². The summed E-state index contributed by atoms with van der Waals surface area (Å²) in [5, 5.41) is 0. The quantitative estimate of drug-likeness (QED) is 0.524. The Morgan fingerprint density at radius 1 is 1.29 bits per heavy atom. The van der Waals surface area contributed by atoms with Crippen LogP contribution >= 0.6 is 0 Å². The molecule has 3 nitrogen and oxygen atoms in total. The minimum atomic E-state index is 0.343. The van der Waals surface area contributed by atoms with Gasteiger partial charge in [0.05, 0.1) is 0 Å². The van der Waals surface area contributed by atoms with Crippen LogP contribution in [-0.4, -0.2) is 30.6 Å². The van der Waals surface area contributed by atoms with Crippen molar-refractivity contribution in [2.24, 2.45) is 11.8 Å². The summed E-state index contributed by atoms with van der Waals surface area (Å²) in [5.41, 5.74) is 3.43. The van der Waals surface area contributed by atoms with Gasteiger partial charge >= 0.3 is 0 Å². The van der Waals surface area contributed by atoms with Crippen molar-refractivity contribution in [3.63, 3.8) is 0 Å². The smallest absolute Gasteiger partial charge is 0.0422 e. The minimum Gasteiger partial charge on any atom is -0.302 e. The number of hydrogen-bond donors (Lipinski definition) is 2. The highest BCUT2D eigenvalue weighted by atomic mass is 15.3. The van der Waals surface area contributed by atoms with Crippen molar-refractivity contribution in [3.05, 3.63) is 0 Å². The van der Waals surface area contributed by atoms with Gasteiger partial charge in [-0.3, -0.25) is 11.3 Å². The van der Waals surface area contributed by atoms with E-state index in [1.54, 1.807) is 0 Å². The van der Waals surface area contributed by atoms with Gasteiger partial charge in [0.1, 0.15) is 0 Å². The average Bonchev–Trinajstić information content (AvgIpc) is 2.84. The Morgan fingerprint density at radius 3 is 2.21 bits per heavy atom. The fourth-order valence-corrected chi connectivity index (χ4v) is 3.18. The van der Waals surface area contributed by atoms with Crippen molar-refractivity contribution in [2.75, 3.05) is 14.1 Å². The van der Waals surface area contributed by atoms with E-state index in [0.29, 0.717) is 11.6 Å². The number of hydrazine groups is 1. The lowest BCUT2D eigenvalue weighted by Gasteiger charge is -2.43. The van der Waals surface area contributed by atoms with Gasteiger partial charge in [-0.25, -0.2) is 0 Å². The van der Waals surface area contributed by atoms with Crippen LogP contribution in [0.2, 0.25) is 0 Å². The molecule has 1 unspecified atom stereocenters. The maximum absolute atomic E-state index is 5.74. The monoisotopic (exact) mass is 197 g/mol. The molecule has 2 aliphatic carbocycles. The fraction of sp³-hybridized carbons (Fsp3) is 1.00. The van der Waals surface area contributed by atoms with Gasteiger partial charge < -0.3 is 4.90 Å². The summed E-state index contributed by atoms with van der Waals surface area (Å²) in [6, 6.07) is 0.514. The van der Waals surface area contributed by atoms with E-state index >= 15 is 0 Å². The third kappa shape index (κ3) is 1.58. The number of nitrogens with one attached hydrogen (secondary N) is 1. The molecule has 82 valence electrons. The highest BCUT2D eigenvalue weighted by Crippen LogP contribution is 2.45. The summed E-state index contributed by atoms with van der Waals surface area (Å²) in [5.74, 6) is 6.57. The highest BCUT2D eigenvalue weighted by Gasteiger charge is 2.48. The molecule has 0 aromatic rings. The van der Waals surface area contributed by atoms with Crippen molar-refractivity contribution in [1.29, 1.82) is 0 Å². The Labute approximate surface area is 87.0 Å². The summed E-state index contributed by atoms with van der Waals surface area (Å²) in [7, 11) is 4.41. The largest absolute Gasteiger partial charge is 0.302 e. The lowest BCUT2D eigenvalue weighted by Crippen LogP contribution is -2.60. The van der Waals surface area contributed by atoms with Crippen LogP contribution in [0.1, 0.15) is 38.5 Å². The van der Waals surface area contributed by atoms with Crippen molar-refractivity contribution in [3.8, 4) is 0 Å². The first-order chi connectivity index (χ1) is 6.70. The third-order valence-electron chi connectivity index (χ3n) is 4.21. The van der Waals surface area contributed by atoms with E-state index in [1.165, 1.54) is 38.5 Å². The zero-order valence-corrected chi connectivity index (χ0v) is 9.42. The lowest BCUT2D eigenvalue weighted by atomic mass is 9.84. The highest BCUT2D eigenvalue weighted by molar-refractivity contribution is 5.06. The maximum Gasteiger partial charge on any atom is 0.0422 e. The van der Waals surface area contributed by atoms with Gasteiger partial charge in [0.2, 0.25) is 0 Å². The van der Waals surface area contributed by atoms with Crippen LogP contribution in [0.3, 0.4) is 0 Å². The SMILES string of the molecule is CN(C)C1(C(NN)C2CC2)CCCC1. The van der Waals surface area contributed by atoms with Crippen LogP contribution in [0.4, 0.5) is 0 Å². The van der Waals surface area contributed by atoms with Crippen LogP contribution in [0.5, 0.6) is 0 Å². The topological polar surface area (TPSA) is 41.3 Å². The fourth-order valence-electron chi connectivity index (χ4n) is 3.18. The van der Waals surface area contributed by atoms with E-state index in [1.807, 2.05) is 0 Å². The predicted octanol–water partition coefficient (Wildman–Crippen LogP) is 1.10. The Balaban J connectivity index is 2.14. The van der Waals surface area contributed by atoms with Gasteiger partial charge in [-0.2, -0.15) is 0 Å². The van der Waals surface area contributed by atoms with Crippen molar-refractivity contribution in [1.82, 2.24) is 10.3 Å². The van der Waals surface area contributed by atoms with Gasteiger partial charge in [-0.15, -0.1) is 0 Å². The zero-order chi connectivity index (χ0) is 10.2. The van der Waals surface area contributed by atoms with Crippen molar-refractivity contribution >= 4 is 0 Å². The van der Waals surface area contributed by atoms with Crippen molar-refractivity contribution < 1.29 is 0 Å². The van der Waals surface area contributed by atoms with E-state index in [9.17, 15) is 0 Å². The molecule has 0 heterocycles.